The molecule has 3 heteroatoms. The molecule has 2 aliphatic rings. The first-order chi connectivity index (χ1) is 5.29. The summed E-state index contributed by atoms with van der Waals surface area (Å²) in [6.07, 6.45) is 5.13. The van der Waals surface area contributed by atoms with Gasteiger partial charge in [-0.15, -0.1) is 0 Å². The topological polar surface area (TPSA) is 55.1 Å². The van der Waals surface area contributed by atoms with Gasteiger partial charge in [-0.2, -0.15) is 0 Å². The van der Waals surface area contributed by atoms with Gasteiger partial charge in [0.2, 0.25) is 0 Å². The van der Waals surface area contributed by atoms with Crippen molar-refractivity contribution in [3.05, 3.63) is 23.0 Å². The number of nitrogens with two attached hydrogens (primary N) is 1. The first-order valence-corrected chi connectivity index (χ1v) is 3.79. The van der Waals surface area contributed by atoms with Crippen molar-refractivity contribution in [3.8, 4) is 0 Å². The van der Waals surface area contributed by atoms with Crippen molar-refractivity contribution in [2.75, 3.05) is 0 Å². The second-order valence-corrected chi connectivity index (χ2v) is 2.86. The highest BCUT2D eigenvalue weighted by Crippen LogP contribution is 2.27. The average Bonchev–Trinajstić information content (AvgIpc) is 2.30. The summed E-state index contributed by atoms with van der Waals surface area (Å²) in [5, 5.41) is 2.73. The Labute approximate surface area is 65.0 Å². The van der Waals surface area contributed by atoms with Crippen LogP contribution in [0.2, 0.25) is 0 Å². The predicted molar refractivity (Wildman–Crippen MR) is 41.3 cm³/mol. The number of fused-ring (bicyclic) bond motifs is 1. The molecule has 0 radical (unpaired) electrons. The maximum absolute atomic E-state index is 11.0. The summed E-state index contributed by atoms with van der Waals surface area (Å²) in [7, 11) is 0. The molecule has 11 heavy (non-hydrogen) atoms. The Morgan fingerprint density at radius 3 is 3.09 bits per heavy atom. The molecule has 0 atom stereocenters. The van der Waals surface area contributed by atoms with E-state index in [4.69, 9.17) is 5.73 Å². The van der Waals surface area contributed by atoms with Gasteiger partial charge in [0.1, 0.15) is 5.70 Å². The largest absolute Gasteiger partial charge is 0.394 e. The molecule has 3 nitrogen and oxygen atoms in total. The Hall–Kier alpha value is -1.25. The van der Waals surface area contributed by atoms with Gasteiger partial charge in [-0.25, -0.2) is 0 Å². The normalized spacial score (nSPS) is 22.9. The summed E-state index contributed by atoms with van der Waals surface area (Å²) in [6, 6.07) is 0. The van der Waals surface area contributed by atoms with Crippen molar-refractivity contribution >= 4 is 5.91 Å². The van der Waals surface area contributed by atoms with Gasteiger partial charge in [-0.3, -0.25) is 4.79 Å². The molecule has 1 aliphatic heterocycles. The quantitative estimate of drug-likeness (QED) is 0.525. The molecule has 58 valence electrons. The van der Waals surface area contributed by atoms with Crippen LogP contribution >= 0.6 is 0 Å². The van der Waals surface area contributed by atoms with Gasteiger partial charge < -0.3 is 11.1 Å². The summed E-state index contributed by atoms with van der Waals surface area (Å²) in [5.74, 6) is -0.131. The minimum absolute atomic E-state index is 0.131. The van der Waals surface area contributed by atoms with Gasteiger partial charge in [0, 0.05) is 11.3 Å². The van der Waals surface area contributed by atoms with E-state index in [0.29, 0.717) is 5.70 Å². The highest BCUT2D eigenvalue weighted by atomic mass is 16.2. The number of carbonyl (C=O) groups excluding carboxylic acids is 1. The van der Waals surface area contributed by atoms with Gasteiger partial charge in [-0.05, 0) is 19.3 Å². The summed E-state index contributed by atoms with van der Waals surface area (Å²) < 4.78 is 0. The molecular weight excluding hydrogens is 140 g/mol. The lowest BCUT2D eigenvalue weighted by Crippen LogP contribution is -2.19. The first-order valence-electron chi connectivity index (χ1n) is 3.79. The summed E-state index contributed by atoms with van der Waals surface area (Å²) >= 11 is 0. The predicted octanol–water partition coefficient (Wildman–Crippen LogP) is 0.397. The zero-order valence-electron chi connectivity index (χ0n) is 6.18. The fourth-order valence-electron chi connectivity index (χ4n) is 1.52. The van der Waals surface area contributed by atoms with E-state index >= 15 is 0 Å². The first kappa shape index (κ1) is 6.46. The number of allylic oxidation sites excluding steroid dienone is 2. The van der Waals surface area contributed by atoms with Crippen molar-refractivity contribution in [3.63, 3.8) is 0 Å². The number of hydrogen-bond acceptors (Lipinski definition) is 2. The monoisotopic (exact) mass is 150 g/mol. The second-order valence-electron chi connectivity index (χ2n) is 2.86. The summed E-state index contributed by atoms with van der Waals surface area (Å²) in [5.41, 5.74) is 7.93. The van der Waals surface area contributed by atoms with Gasteiger partial charge in [0.25, 0.3) is 5.91 Å². The summed E-state index contributed by atoms with van der Waals surface area (Å²) in [4.78, 5) is 11.0. The van der Waals surface area contributed by atoms with E-state index in [9.17, 15) is 4.79 Å². The fraction of sp³-hybridized carbons (Fsp3) is 0.375. The van der Waals surface area contributed by atoms with E-state index in [1.807, 2.05) is 6.08 Å². The van der Waals surface area contributed by atoms with Crippen LogP contribution in [0.5, 0.6) is 0 Å². The Bertz CT molecular complexity index is 276. The van der Waals surface area contributed by atoms with E-state index in [0.717, 1.165) is 30.5 Å². The van der Waals surface area contributed by atoms with Gasteiger partial charge in [0.15, 0.2) is 0 Å². The molecule has 0 spiro atoms. The molecule has 0 aromatic rings. The number of amides is 1. The fourth-order valence-corrected chi connectivity index (χ4v) is 1.52. The van der Waals surface area contributed by atoms with Crippen LogP contribution in [-0.4, -0.2) is 5.91 Å². The molecule has 0 fully saturated rings. The number of rotatable bonds is 0. The summed E-state index contributed by atoms with van der Waals surface area (Å²) in [6.45, 7) is 0. The van der Waals surface area contributed by atoms with Crippen LogP contribution in [0.15, 0.2) is 23.0 Å². The van der Waals surface area contributed by atoms with Crippen LogP contribution in [0, 0.1) is 0 Å². The third-order valence-corrected chi connectivity index (χ3v) is 2.12. The number of nitrogens with one attached hydrogen (secondary N) is 1. The second kappa shape index (κ2) is 2.12. The van der Waals surface area contributed by atoms with E-state index in [-0.39, 0.29) is 5.91 Å². The smallest absolute Gasteiger partial charge is 0.271 e. The van der Waals surface area contributed by atoms with Crippen LogP contribution in [0.1, 0.15) is 19.3 Å². The maximum atomic E-state index is 11.0. The molecule has 0 saturated carbocycles. The Morgan fingerprint density at radius 1 is 1.55 bits per heavy atom. The van der Waals surface area contributed by atoms with E-state index in [1.54, 1.807) is 0 Å². The average molecular weight is 150 g/mol. The van der Waals surface area contributed by atoms with Crippen molar-refractivity contribution in [1.82, 2.24) is 5.32 Å². The third kappa shape index (κ3) is 0.843. The SMILES string of the molecule is NC1=C2CCCC=C2NC1=O. The van der Waals surface area contributed by atoms with E-state index < -0.39 is 0 Å². The molecular formula is C8H10N2O. The highest BCUT2D eigenvalue weighted by molar-refractivity contribution is 5.99. The Morgan fingerprint density at radius 2 is 2.36 bits per heavy atom. The third-order valence-electron chi connectivity index (χ3n) is 2.12. The van der Waals surface area contributed by atoms with Gasteiger partial charge in [0.05, 0.1) is 0 Å². The van der Waals surface area contributed by atoms with Crippen molar-refractivity contribution in [1.29, 1.82) is 0 Å². The molecule has 1 amide bonds. The standard InChI is InChI=1S/C8H10N2O/c9-7-5-3-1-2-4-6(5)10-8(7)11/h4H,1-3,9H2,(H,10,11). The van der Waals surface area contributed by atoms with Gasteiger partial charge >= 0.3 is 0 Å². The van der Waals surface area contributed by atoms with Crippen molar-refractivity contribution < 1.29 is 4.79 Å². The Balaban J connectivity index is 2.45. The van der Waals surface area contributed by atoms with Crippen molar-refractivity contribution in [2.24, 2.45) is 5.73 Å². The zero-order chi connectivity index (χ0) is 7.84. The molecule has 1 heterocycles. The van der Waals surface area contributed by atoms with E-state index in [1.165, 1.54) is 0 Å². The molecule has 0 saturated heterocycles. The minimum atomic E-state index is -0.131. The Kier molecular flexibility index (Phi) is 1.24. The van der Waals surface area contributed by atoms with Crippen LogP contribution in [0.4, 0.5) is 0 Å². The molecule has 0 unspecified atom stereocenters. The molecule has 2 rings (SSSR count). The van der Waals surface area contributed by atoms with E-state index in [2.05, 4.69) is 5.32 Å². The molecule has 0 aromatic heterocycles. The lowest BCUT2D eigenvalue weighted by atomic mass is 9.99. The van der Waals surface area contributed by atoms with Crippen LogP contribution in [-0.2, 0) is 4.79 Å². The lowest BCUT2D eigenvalue weighted by molar-refractivity contribution is -0.116. The lowest BCUT2D eigenvalue weighted by Gasteiger charge is -2.09. The molecule has 0 aromatic carbocycles. The van der Waals surface area contributed by atoms with Crippen molar-refractivity contribution in [2.45, 2.75) is 19.3 Å². The minimum Gasteiger partial charge on any atom is -0.394 e. The highest BCUT2D eigenvalue weighted by Gasteiger charge is 2.25. The zero-order valence-corrected chi connectivity index (χ0v) is 6.18. The number of carbonyl (C=O) groups is 1. The van der Waals surface area contributed by atoms with Crippen LogP contribution < -0.4 is 11.1 Å². The maximum Gasteiger partial charge on any atom is 0.271 e. The molecule has 0 bridgehead atoms. The van der Waals surface area contributed by atoms with Gasteiger partial charge in [-0.1, -0.05) is 6.08 Å². The molecule has 1 aliphatic carbocycles. The van der Waals surface area contributed by atoms with Crippen LogP contribution in [0.25, 0.3) is 0 Å². The number of hydrogen-bond donors (Lipinski definition) is 2. The van der Waals surface area contributed by atoms with Crippen LogP contribution in [0.3, 0.4) is 0 Å². The molecule has 3 N–H and O–H groups in total.